The molecule has 0 spiro atoms. The molecule has 0 saturated heterocycles. The van der Waals surface area contributed by atoms with Gasteiger partial charge in [0.2, 0.25) is 0 Å². The summed E-state index contributed by atoms with van der Waals surface area (Å²) in [6, 6.07) is 41.6. The fourth-order valence-corrected chi connectivity index (χ4v) is 7.45. The minimum atomic E-state index is 1.16. The van der Waals surface area contributed by atoms with Gasteiger partial charge < -0.3 is 0 Å². The lowest BCUT2D eigenvalue weighted by Crippen LogP contribution is -1.92. The molecule has 0 aliphatic carbocycles. The van der Waals surface area contributed by atoms with E-state index in [2.05, 4.69) is 123 Å². The summed E-state index contributed by atoms with van der Waals surface area (Å²) in [5, 5.41) is 7.99. The van der Waals surface area contributed by atoms with Crippen molar-refractivity contribution < 1.29 is 0 Å². The maximum atomic E-state index is 2.41. The van der Waals surface area contributed by atoms with Gasteiger partial charge in [-0.1, -0.05) is 175 Å². The zero-order chi connectivity index (χ0) is 31.6. The van der Waals surface area contributed by atoms with Gasteiger partial charge in [-0.2, -0.15) is 0 Å². The van der Waals surface area contributed by atoms with Crippen LogP contribution in [0.5, 0.6) is 0 Å². The molecule has 236 valence electrons. The third-order valence-corrected chi connectivity index (χ3v) is 10.1. The number of benzene rings is 6. The summed E-state index contributed by atoms with van der Waals surface area (Å²) >= 11 is 0. The van der Waals surface area contributed by atoms with E-state index >= 15 is 0 Å². The Balaban J connectivity index is 1.24. The molecule has 0 N–H and O–H groups in total. The zero-order valence-corrected chi connectivity index (χ0v) is 28.3. The first-order valence-electron chi connectivity index (χ1n) is 18.3. The first-order valence-corrected chi connectivity index (χ1v) is 18.3. The summed E-state index contributed by atoms with van der Waals surface area (Å²) in [4.78, 5) is 0. The molecule has 0 amide bonds. The lowest BCUT2D eigenvalue weighted by atomic mass is 9.91. The minimum Gasteiger partial charge on any atom is -0.0654 e. The van der Waals surface area contributed by atoms with Crippen molar-refractivity contribution in [2.24, 2.45) is 0 Å². The second kappa shape index (κ2) is 16.1. The van der Waals surface area contributed by atoms with Gasteiger partial charge in [-0.05, 0) is 104 Å². The third kappa shape index (κ3) is 7.55. The Morgan fingerprint density at radius 1 is 0.348 bits per heavy atom. The number of unbranched alkanes of at least 4 members (excludes halogenated alkanes) is 10. The summed E-state index contributed by atoms with van der Waals surface area (Å²) < 4.78 is 0. The van der Waals surface area contributed by atoms with Crippen LogP contribution in [-0.2, 0) is 12.8 Å². The van der Waals surface area contributed by atoms with Gasteiger partial charge in [-0.25, -0.2) is 0 Å². The molecule has 0 heteroatoms. The topological polar surface area (TPSA) is 0 Å². The number of aryl methyl sites for hydroxylation is 2. The number of hydrogen-bond acceptors (Lipinski definition) is 0. The van der Waals surface area contributed by atoms with Crippen molar-refractivity contribution in [1.82, 2.24) is 0 Å². The Labute approximate surface area is 277 Å². The highest BCUT2D eigenvalue weighted by atomic mass is 14.2. The van der Waals surface area contributed by atoms with Crippen LogP contribution in [0.2, 0.25) is 0 Å². The van der Waals surface area contributed by atoms with Gasteiger partial charge in [0, 0.05) is 0 Å². The molecule has 0 atom stereocenters. The van der Waals surface area contributed by atoms with Crippen molar-refractivity contribution in [1.29, 1.82) is 0 Å². The maximum Gasteiger partial charge on any atom is -0.00990 e. The van der Waals surface area contributed by atoms with Gasteiger partial charge in [-0.3, -0.25) is 0 Å². The van der Waals surface area contributed by atoms with Crippen LogP contribution in [0.3, 0.4) is 0 Å². The van der Waals surface area contributed by atoms with Crippen molar-refractivity contribution in [3.8, 4) is 22.3 Å². The standard InChI is InChI=1S/C46H52/c1-3-5-7-9-11-13-19-35-21-15-17-23-41(35)37-25-29-43-39(33-37)27-31-46-44-30-26-38(34-40(44)28-32-45(43)46)42-24-18-16-22-36(42)20-14-12-10-8-6-4-2/h15-18,21-34H,3-14,19-20H2,1-2H3. The van der Waals surface area contributed by atoms with Crippen LogP contribution in [-0.4, -0.2) is 0 Å². The Morgan fingerprint density at radius 3 is 1.20 bits per heavy atom. The molecular formula is C46H52. The molecule has 6 aromatic carbocycles. The predicted octanol–water partition coefficient (Wildman–Crippen LogP) is 14.3. The van der Waals surface area contributed by atoms with Crippen LogP contribution >= 0.6 is 0 Å². The second-order valence-electron chi connectivity index (χ2n) is 13.4. The average Bonchev–Trinajstić information content (AvgIpc) is 3.10. The van der Waals surface area contributed by atoms with Crippen LogP contribution in [0.25, 0.3) is 54.6 Å². The molecule has 6 rings (SSSR count). The lowest BCUT2D eigenvalue weighted by Gasteiger charge is -2.14. The van der Waals surface area contributed by atoms with E-state index in [4.69, 9.17) is 0 Å². The fraction of sp³-hybridized carbons (Fsp3) is 0.348. The molecule has 0 saturated carbocycles. The fourth-order valence-electron chi connectivity index (χ4n) is 7.45. The Hall–Kier alpha value is -3.90. The van der Waals surface area contributed by atoms with E-state index in [-0.39, 0.29) is 0 Å². The van der Waals surface area contributed by atoms with Gasteiger partial charge in [0.1, 0.15) is 0 Å². The van der Waals surface area contributed by atoms with E-state index in [1.54, 1.807) is 0 Å². The van der Waals surface area contributed by atoms with E-state index in [0.29, 0.717) is 0 Å². The molecule has 0 unspecified atom stereocenters. The SMILES string of the molecule is CCCCCCCCc1ccccc1-c1ccc2c(ccc3c4ccc(-c5ccccc5CCCCCCCC)cc4ccc23)c1. The van der Waals surface area contributed by atoms with E-state index < -0.39 is 0 Å². The Morgan fingerprint density at radius 2 is 0.739 bits per heavy atom. The van der Waals surface area contributed by atoms with Gasteiger partial charge >= 0.3 is 0 Å². The summed E-state index contributed by atoms with van der Waals surface area (Å²) in [5.41, 5.74) is 8.40. The predicted molar refractivity (Wildman–Crippen MR) is 204 cm³/mol. The normalized spacial score (nSPS) is 11.6. The highest BCUT2D eigenvalue weighted by Crippen LogP contribution is 2.36. The van der Waals surface area contributed by atoms with E-state index in [1.807, 2.05) is 0 Å². The van der Waals surface area contributed by atoms with Gasteiger partial charge in [-0.15, -0.1) is 0 Å². The van der Waals surface area contributed by atoms with Crippen molar-refractivity contribution in [3.05, 3.63) is 120 Å². The summed E-state index contributed by atoms with van der Waals surface area (Å²) in [6.45, 7) is 4.58. The molecule has 0 radical (unpaired) electrons. The largest absolute Gasteiger partial charge is 0.0654 e. The first-order chi connectivity index (χ1) is 22.8. The second-order valence-corrected chi connectivity index (χ2v) is 13.4. The molecule has 0 heterocycles. The molecule has 0 aromatic heterocycles. The molecule has 46 heavy (non-hydrogen) atoms. The molecule has 0 aliphatic heterocycles. The van der Waals surface area contributed by atoms with Crippen molar-refractivity contribution in [3.63, 3.8) is 0 Å². The molecule has 6 aromatic rings. The van der Waals surface area contributed by atoms with Crippen molar-refractivity contribution >= 4 is 32.3 Å². The van der Waals surface area contributed by atoms with Crippen LogP contribution in [0, 0.1) is 0 Å². The summed E-state index contributed by atoms with van der Waals surface area (Å²) in [6.07, 6.45) is 18.4. The van der Waals surface area contributed by atoms with Gasteiger partial charge in [0.05, 0.1) is 0 Å². The van der Waals surface area contributed by atoms with E-state index in [9.17, 15) is 0 Å². The molecule has 0 bridgehead atoms. The monoisotopic (exact) mass is 604 g/mol. The van der Waals surface area contributed by atoms with Crippen LogP contribution in [0.1, 0.15) is 102 Å². The highest BCUT2D eigenvalue weighted by Gasteiger charge is 2.11. The van der Waals surface area contributed by atoms with E-state index in [1.165, 1.54) is 143 Å². The number of rotatable bonds is 16. The zero-order valence-electron chi connectivity index (χ0n) is 28.3. The third-order valence-electron chi connectivity index (χ3n) is 10.1. The molecule has 0 aliphatic rings. The Bertz CT molecular complexity index is 1730. The maximum absolute atomic E-state index is 2.41. The number of hydrogen-bond donors (Lipinski definition) is 0. The first kappa shape index (κ1) is 32.1. The van der Waals surface area contributed by atoms with Crippen molar-refractivity contribution in [2.45, 2.75) is 104 Å². The van der Waals surface area contributed by atoms with Crippen LogP contribution < -0.4 is 0 Å². The van der Waals surface area contributed by atoms with E-state index in [0.717, 1.165) is 12.8 Å². The smallest absolute Gasteiger partial charge is 0.00990 e. The van der Waals surface area contributed by atoms with Crippen LogP contribution in [0.4, 0.5) is 0 Å². The van der Waals surface area contributed by atoms with Crippen molar-refractivity contribution in [2.75, 3.05) is 0 Å². The quantitative estimate of drug-likeness (QED) is 0.0761. The van der Waals surface area contributed by atoms with Gasteiger partial charge in [0.15, 0.2) is 0 Å². The number of fused-ring (bicyclic) bond motifs is 5. The highest BCUT2D eigenvalue weighted by molar-refractivity contribution is 6.18. The summed E-state index contributed by atoms with van der Waals surface area (Å²) in [5.74, 6) is 0. The van der Waals surface area contributed by atoms with Crippen LogP contribution in [0.15, 0.2) is 109 Å². The van der Waals surface area contributed by atoms with Gasteiger partial charge in [0.25, 0.3) is 0 Å². The molecular weight excluding hydrogens is 553 g/mol. The average molecular weight is 605 g/mol. The summed E-state index contributed by atoms with van der Waals surface area (Å²) in [7, 11) is 0. The molecule has 0 fully saturated rings. The lowest BCUT2D eigenvalue weighted by molar-refractivity contribution is 0.608. The molecule has 0 nitrogen and oxygen atoms in total. The Kier molecular flexibility index (Phi) is 11.2. The minimum absolute atomic E-state index is 1.16.